The highest BCUT2D eigenvalue weighted by molar-refractivity contribution is 7.98. The zero-order valence-corrected chi connectivity index (χ0v) is 13.5. The number of nitrogens with zero attached hydrogens (tertiary/aromatic N) is 2. The van der Waals surface area contributed by atoms with Crippen LogP contribution in [0.5, 0.6) is 0 Å². The van der Waals surface area contributed by atoms with Crippen LogP contribution in [0, 0.1) is 0 Å². The van der Waals surface area contributed by atoms with Crippen LogP contribution in [0.4, 0.5) is 0 Å². The molecule has 1 aromatic rings. The molecule has 0 bridgehead atoms. The molecule has 0 saturated heterocycles. The summed E-state index contributed by atoms with van der Waals surface area (Å²) in [5.41, 5.74) is 0.757. The van der Waals surface area contributed by atoms with Gasteiger partial charge in [-0.05, 0) is 34.0 Å². The van der Waals surface area contributed by atoms with Gasteiger partial charge in [0, 0.05) is 23.1 Å². The Bertz CT molecular complexity index is 412. The van der Waals surface area contributed by atoms with Gasteiger partial charge in [0.25, 0.3) is 0 Å². The fourth-order valence-electron chi connectivity index (χ4n) is 1.15. The summed E-state index contributed by atoms with van der Waals surface area (Å²) in [5, 5.41) is 1.04. The Morgan fingerprint density at radius 1 is 1.50 bits per heavy atom. The summed E-state index contributed by atoms with van der Waals surface area (Å²) in [4.78, 5) is 8.34. The SMILES string of the molecule is CSc1ncc(C(C)N[S@@+]([O-])C(C)(C)C)c(Cl)n1. The van der Waals surface area contributed by atoms with Crippen molar-refractivity contribution in [3.05, 3.63) is 16.9 Å². The van der Waals surface area contributed by atoms with E-state index in [1.807, 2.05) is 34.0 Å². The molecule has 1 rings (SSSR count). The number of rotatable bonds is 4. The van der Waals surface area contributed by atoms with E-state index >= 15 is 0 Å². The zero-order chi connectivity index (χ0) is 13.9. The van der Waals surface area contributed by atoms with Crippen molar-refractivity contribution < 1.29 is 4.55 Å². The molecule has 0 aliphatic rings. The molecule has 102 valence electrons. The molecule has 1 N–H and O–H groups in total. The lowest BCUT2D eigenvalue weighted by atomic mass is 10.2. The van der Waals surface area contributed by atoms with Gasteiger partial charge in [-0.25, -0.2) is 9.97 Å². The van der Waals surface area contributed by atoms with Crippen LogP contribution in [0.2, 0.25) is 5.15 Å². The first kappa shape index (κ1) is 16.0. The van der Waals surface area contributed by atoms with Crippen LogP contribution in [0.3, 0.4) is 0 Å². The van der Waals surface area contributed by atoms with Crippen molar-refractivity contribution in [3.63, 3.8) is 0 Å². The zero-order valence-electron chi connectivity index (χ0n) is 11.2. The molecular weight excluding hydrogens is 290 g/mol. The smallest absolute Gasteiger partial charge is 0.188 e. The second-order valence-electron chi connectivity index (χ2n) is 4.82. The number of halogens is 1. The van der Waals surface area contributed by atoms with Gasteiger partial charge in [-0.3, -0.25) is 0 Å². The lowest BCUT2D eigenvalue weighted by Crippen LogP contribution is -2.40. The van der Waals surface area contributed by atoms with Crippen molar-refractivity contribution in [1.82, 2.24) is 14.7 Å². The average molecular weight is 308 g/mol. The summed E-state index contributed by atoms with van der Waals surface area (Å²) in [6.07, 6.45) is 3.57. The summed E-state index contributed by atoms with van der Waals surface area (Å²) >= 11 is 6.38. The van der Waals surface area contributed by atoms with Gasteiger partial charge in [-0.2, -0.15) is 0 Å². The van der Waals surface area contributed by atoms with E-state index in [1.165, 1.54) is 11.8 Å². The van der Waals surface area contributed by atoms with E-state index in [0.29, 0.717) is 10.3 Å². The molecule has 7 heteroatoms. The van der Waals surface area contributed by atoms with Gasteiger partial charge in [0.05, 0.1) is 6.04 Å². The minimum absolute atomic E-state index is 0.159. The van der Waals surface area contributed by atoms with E-state index in [4.69, 9.17) is 11.6 Å². The van der Waals surface area contributed by atoms with Crippen molar-refractivity contribution in [2.24, 2.45) is 0 Å². The Hall–Kier alpha value is -0.0100. The molecule has 18 heavy (non-hydrogen) atoms. The van der Waals surface area contributed by atoms with Gasteiger partial charge >= 0.3 is 0 Å². The Balaban J connectivity index is 2.81. The summed E-state index contributed by atoms with van der Waals surface area (Å²) in [5.74, 6) is 0. The predicted octanol–water partition coefficient (Wildman–Crippen LogP) is 2.96. The maximum atomic E-state index is 12.0. The number of hydrogen-bond acceptors (Lipinski definition) is 5. The third-order valence-corrected chi connectivity index (χ3v) is 4.78. The largest absolute Gasteiger partial charge is 0.598 e. The molecule has 2 atom stereocenters. The maximum Gasteiger partial charge on any atom is 0.188 e. The third-order valence-electron chi connectivity index (χ3n) is 2.24. The van der Waals surface area contributed by atoms with Crippen molar-refractivity contribution >= 4 is 34.7 Å². The minimum Gasteiger partial charge on any atom is -0.598 e. The van der Waals surface area contributed by atoms with Crippen LogP contribution in [0.15, 0.2) is 11.4 Å². The first-order chi connectivity index (χ1) is 8.25. The molecule has 0 fully saturated rings. The van der Waals surface area contributed by atoms with E-state index in [0.717, 1.165) is 5.56 Å². The van der Waals surface area contributed by atoms with Crippen LogP contribution in [0.1, 0.15) is 39.3 Å². The fraction of sp³-hybridized carbons (Fsp3) is 0.636. The monoisotopic (exact) mass is 307 g/mol. The van der Waals surface area contributed by atoms with Gasteiger partial charge in [-0.1, -0.05) is 23.4 Å². The number of nitrogens with one attached hydrogen (secondary N) is 1. The maximum absolute atomic E-state index is 12.0. The fourth-order valence-corrected chi connectivity index (χ4v) is 2.63. The molecule has 0 amide bonds. The van der Waals surface area contributed by atoms with Crippen molar-refractivity contribution in [3.8, 4) is 0 Å². The van der Waals surface area contributed by atoms with E-state index in [1.54, 1.807) is 6.20 Å². The Kier molecular flexibility index (Phi) is 5.73. The molecular formula is C11H18ClN3OS2. The highest BCUT2D eigenvalue weighted by Gasteiger charge is 2.29. The standard InChI is InChI=1S/C11H18ClN3OS2/c1-7(15-18(16)11(2,3)4)8-6-13-10(17-5)14-9(8)12/h6-7,15H,1-5H3/t7?,18-/m0/s1. The lowest BCUT2D eigenvalue weighted by molar-refractivity contribution is 0.530. The van der Waals surface area contributed by atoms with Crippen molar-refractivity contribution in [1.29, 1.82) is 0 Å². The van der Waals surface area contributed by atoms with E-state index in [9.17, 15) is 4.55 Å². The van der Waals surface area contributed by atoms with E-state index < -0.39 is 11.4 Å². The number of aromatic nitrogens is 2. The first-order valence-corrected chi connectivity index (χ1v) is 8.25. The molecule has 1 heterocycles. The molecule has 4 nitrogen and oxygen atoms in total. The van der Waals surface area contributed by atoms with Crippen molar-refractivity contribution in [2.45, 2.75) is 43.6 Å². The molecule has 0 saturated carbocycles. The van der Waals surface area contributed by atoms with Crippen LogP contribution >= 0.6 is 23.4 Å². The van der Waals surface area contributed by atoms with Crippen LogP contribution < -0.4 is 4.72 Å². The van der Waals surface area contributed by atoms with Crippen LogP contribution in [0.25, 0.3) is 0 Å². The lowest BCUT2D eigenvalue weighted by Gasteiger charge is -2.26. The van der Waals surface area contributed by atoms with E-state index in [-0.39, 0.29) is 10.8 Å². The molecule has 0 aliphatic carbocycles. The topological polar surface area (TPSA) is 60.9 Å². The molecule has 0 aliphatic heterocycles. The van der Waals surface area contributed by atoms with Crippen molar-refractivity contribution in [2.75, 3.05) is 6.26 Å². The Morgan fingerprint density at radius 2 is 2.11 bits per heavy atom. The summed E-state index contributed by atoms with van der Waals surface area (Å²) < 4.78 is 14.7. The highest BCUT2D eigenvalue weighted by Crippen LogP contribution is 2.24. The molecule has 0 radical (unpaired) electrons. The summed E-state index contributed by atoms with van der Waals surface area (Å²) in [6.45, 7) is 7.64. The third kappa shape index (κ3) is 4.28. The molecule has 0 aromatic carbocycles. The second-order valence-corrected chi connectivity index (χ2v) is 7.95. The second kappa shape index (κ2) is 6.43. The predicted molar refractivity (Wildman–Crippen MR) is 78.3 cm³/mol. The summed E-state index contributed by atoms with van der Waals surface area (Å²) in [6, 6.07) is -0.159. The molecule has 1 aromatic heterocycles. The Morgan fingerprint density at radius 3 is 2.56 bits per heavy atom. The summed E-state index contributed by atoms with van der Waals surface area (Å²) in [7, 11) is 0. The van der Waals surface area contributed by atoms with Gasteiger partial charge in [0.1, 0.15) is 9.90 Å². The quantitative estimate of drug-likeness (QED) is 0.401. The minimum atomic E-state index is -1.15. The number of hydrogen-bond donors (Lipinski definition) is 1. The van der Waals surface area contributed by atoms with Gasteiger partial charge in [0.2, 0.25) is 0 Å². The molecule has 1 unspecified atom stereocenters. The Labute approximate surface area is 121 Å². The van der Waals surface area contributed by atoms with Gasteiger partial charge in [-0.15, -0.1) is 4.72 Å². The van der Waals surface area contributed by atoms with Crippen LogP contribution in [-0.4, -0.2) is 25.5 Å². The first-order valence-electron chi connectivity index (χ1n) is 5.50. The number of thioether (sulfide) groups is 1. The molecule has 0 spiro atoms. The van der Waals surface area contributed by atoms with Gasteiger partial charge in [0.15, 0.2) is 5.16 Å². The van der Waals surface area contributed by atoms with E-state index in [2.05, 4.69) is 14.7 Å². The average Bonchev–Trinajstić information content (AvgIpc) is 2.27. The highest BCUT2D eigenvalue weighted by atomic mass is 35.5. The normalized spacial score (nSPS) is 15.5. The van der Waals surface area contributed by atoms with Gasteiger partial charge < -0.3 is 4.55 Å². The van der Waals surface area contributed by atoms with Crippen LogP contribution in [-0.2, 0) is 11.4 Å².